The van der Waals surface area contributed by atoms with Crippen molar-refractivity contribution in [3.05, 3.63) is 65.7 Å². The summed E-state index contributed by atoms with van der Waals surface area (Å²) in [6, 6.07) is 20.4. The molecule has 1 heterocycles. The van der Waals surface area contributed by atoms with Crippen LogP contribution in [0.1, 0.15) is 23.5 Å². The predicted molar refractivity (Wildman–Crippen MR) is 85.4 cm³/mol. The van der Waals surface area contributed by atoms with Crippen molar-refractivity contribution >= 4 is 11.8 Å². The first-order chi connectivity index (χ1) is 9.90. The Morgan fingerprint density at radius 3 is 2.65 bits per heavy atom. The average Bonchev–Trinajstić information content (AvgIpc) is 3.16. The molecule has 0 bridgehead atoms. The van der Waals surface area contributed by atoms with E-state index in [1.807, 2.05) is 11.8 Å². The van der Waals surface area contributed by atoms with Crippen LogP contribution in [-0.2, 0) is 6.42 Å². The van der Waals surface area contributed by atoms with Gasteiger partial charge in [-0.25, -0.2) is 0 Å². The van der Waals surface area contributed by atoms with Crippen molar-refractivity contribution in [1.82, 2.24) is 5.32 Å². The molecule has 2 aliphatic rings. The molecule has 3 atom stereocenters. The summed E-state index contributed by atoms with van der Waals surface area (Å²) in [5, 5.41) is 4.47. The van der Waals surface area contributed by atoms with Crippen LogP contribution in [0.25, 0.3) is 0 Å². The smallest absolute Gasteiger partial charge is 0.0260 e. The third-order valence-electron chi connectivity index (χ3n) is 4.34. The van der Waals surface area contributed by atoms with Crippen LogP contribution < -0.4 is 5.32 Å². The van der Waals surface area contributed by atoms with Crippen molar-refractivity contribution in [2.75, 3.05) is 6.54 Å². The van der Waals surface area contributed by atoms with Gasteiger partial charge in [0.25, 0.3) is 0 Å². The maximum absolute atomic E-state index is 3.76. The van der Waals surface area contributed by atoms with Crippen LogP contribution in [-0.4, -0.2) is 17.8 Å². The zero-order chi connectivity index (χ0) is 13.4. The Balaban J connectivity index is 1.29. The first-order valence-corrected chi connectivity index (χ1v) is 8.31. The molecule has 3 unspecified atom stereocenters. The first-order valence-electron chi connectivity index (χ1n) is 7.43. The quantitative estimate of drug-likeness (QED) is 0.913. The van der Waals surface area contributed by atoms with Crippen LogP contribution in [0.15, 0.2) is 59.5 Å². The maximum atomic E-state index is 3.76. The third-order valence-corrected chi connectivity index (χ3v) is 5.66. The molecule has 0 aromatic heterocycles. The Bertz CT molecular complexity index is 570. The standard InChI is InChI=1S/C18H19NS/c1-2-6-13(7-3-1)16-11-17(16)19-12-15-10-14-8-4-5-9-18(14)20-15/h1-9,15-17,19H,10-12H2. The Kier molecular flexibility index (Phi) is 3.29. The highest BCUT2D eigenvalue weighted by molar-refractivity contribution is 8.00. The molecule has 1 nitrogen and oxygen atoms in total. The largest absolute Gasteiger partial charge is 0.312 e. The summed E-state index contributed by atoms with van der Waals surface area (Å²) in [4.78, 5) is 1.48. The highest BCUT2D eigenvalue weighted by atomic mass is 32.2. The van der Waals surface area contributed by atoms with Crippen LogP contribution in [0.2, 0.25) is 0 Å². The third kappa shape index (κ3) is 2.50. The molecule has 0 spiro atoms. The van der Waals surface area contributed by atoms with E-state index >= 15 is 0 Å². The average molecular weight is 281 g/mol. The summed E-state index contributed by atoms with van der Waals surface area (Å²) in [5.41, 5.74) is 3.02. The van der Waals surface area contributed by atoms with Crippen molar-refractivity contribution in [3.8, 4) is 0 Å². The van der Waals surface area contributed by atoms with E-state index in [-0.39, 0.29) is 0 Å². The second-order valence-corrected chi connectivity index (χ2v) is 7.16. The number of thioether (sulfide) groups is 1. The van der Waals surface area contributed by atoms with E-state index in [0.29, 0.717) is 11.3 Å². The van der Waals surface area contributed by atoms with E-state index in [1.165, 1.54) is 28.9 Å². The summed E-state index contributed by atoms with van der Waals surface area (Å²) >= 11 is 2.04. The zero-order valence-electron chi connectivity index (χ0n) is 11.5. The zero-order valence-corrected chi connectivity index (χ0v) is 12.3. The number of fused-ring (bicyclic) bond motifs is 1. The topological polar surface area (TPSA) is 12.0 Å². The molecule has 1 N–H and O–H groups in total. The summed E-state index contributed by atoms with van der Waals surface area (Å²) in [6.45, 7) is 1.13. The van der Waals surface area contributed by atoms with Gasteiger partial charge in [-0.05, 0) is 30.0 Å². The second-order valence-electron chi connectivity index (χ2n) is 5.82. The molecule has 2 aromatic carbocycles. The summed E-state index contributed by atoms with van der Waals surface area (Å²) < 4.78 is 0. The van der Waals surface area contributed by atoms with E-state index < -0.39 is 0 Å². The molecule has 2 heteroatoms. The van der Waals surface area contributed by atoms with Gasteiger partial charge >= 0.3 is 0 Å². The minimum atomic E-state index is 0.696. The fourth-order valence-electron chi connectivity index (χ4n) is 3.14. The van der Waals surface area contributed by atoms with E-state index in [9.17, 15) is 0 Å². The molecule has 102 valence electrons. The van der Waals surface area contributed by atoms with Gasteiger partial charge < -0.3 is 5.32 Å². The van der Waals surface area contributed by atoms with Crippen LogP contribution in [0.5, 0.6) is 0 Å². The van der Waals surface area contributed by atoms with Crippen molar-refractivity contribution < 1.29 is 0 Å². The Morgan fingerprint density at radius 2 is 1.80 bits per heavy atom. The molecule has 1 aliphatic carbocycles. The van der Waals surface area contributed by atoms with Gasteiger partial charge in [0.2, 0.25) is 0 Å². The van der Waals surface area contributed by atoms with E-state index in [0.717, 1.165) is 12.5 Å². The first kappa shape index (κ1) is 12.5. The van der Waals surface area contributed by atoms with E-state index in [2.05, 4.69) is 59.9 Å². The number of nitrogens with one attached hydrogen (secondary N) is 1. The second kappa shape index (κ2) is 5.27. The molecule has 0 saturated heterocycles. The van der Waals surface area contributed by atoms with Gasteiger partial charge in [-0.1, -0.05) is 48.5 Å². The molecule has 1 fully saturated rings. The van der Waals surface area contributed by atoms with Gasteiger partial charge in [0, 0.05) is 28.6 Å². The lowest BCUT2D eigenvalue weighted by atomic mass is 10.1. The minimum Gasteiger partial charge on any atom is -0.312 e. The molecule has 1 aliphatic heterocycles. The van der Waals surface area contributed by atoms with Gasteiger partial charge in [0.1, 0.15) is 0 Å². The van der Waals surface area contributed by atoms with Crippen molar-refractivity contribution in [2.24, 2.45) is 0 Å². The highest BCUT2D eigenvalue weighted by Crippen LogP contribution is 2.41. The normalized spacial score (nSPS) is 27.3. The van der Waals surface area contributed by atoms with Gasteiger partial charge in [-0.15, -0.1) is 11.8 Å². The van der Waals surface area contributed by atoms with Crippen molar-refractivity contribution in [1.29, 1.82) is 0 Å². The van der Waals surface area contributed by atoms with Gasteiger partial charge in [-0.2, -0.15) is 0 Å². The van der Waals surface area contributed by atoms with Crippen LogP contribution in [0, 0.1) is 0 Å². The fraction of sp³-hybridized carbons (Fsp3) is 0.333. The molecule has 20 heavy (non-hydrogen) atoms. The van der Waals surface area contributed by atoms with Crippen LogP contribution >= 0.6 is 11.8 Å². The molecular formula is C18H19NS. The van der Waals surface area contributed by atoms with Crippen LogP contribution in [0.3, 0.4) is 0 Å². The Morgan fingerprint density at radius 1 is 1.00 bits per heavy atom. The van der Waals surface area contributed by atoms with E-state index in [1.54, 1.807) is 0 Å². The summed E-state index contributed by atoms with van der Waals surface area (Å²) in [6.07, 6.45) is 2.52. The number of rotatable bonds is 4. The number of hydrogen-bond acceptors (Lipinski definition) is 2. The number of hydrogen-bond donors (Lipinski definition) is 1. The number of benzene rings is 2. The van der Waals surface area contributed by atoms with Gasteiger partial charge in [0.15, 0.2) is 0 Å². The minimum absolute atomic E-state index is 0.696. The van der Waals surface area contributed by atoms with Crippen molar-refractivity contribution in [3.63, 3.8) is 0 Å². The van der Waals surface area contributed by atoms with Crippen molar-refractivity contribution in [2.45, 2.75) is 34.9 Å². The summed E-state index contributed by atoms with van der Waals surface area (Å²) in [7, 11) is 0. The fourth-order valence-corrected chi connectivity index (χ4v) is 4.40. The van der Waals surface area contributed by atoms with E-state index in [4.69, 9.17) is 0 Å². The van der Waals surface area contributed by atoms with Crippen LogP contribution in [0.4, 0.5) is 0 Å². The van der Waals surface area contributed by atoms with Gasteiger partial charge in [0.05, 0.1) is 0 Å². The molecule has 0 radical (unpaired) electrons. The molecule has 1 saturated carbocycles. The highest BCUT2D eigenvalue weighted by Gasteiger charge is 2.38. The lowest BCUT2D eigenvalue weighted by molar-refractivity contribution is 0.649. The Hall–Kier alpha value is -1.25. The van der Waals surface area contributed by atoms with Gasteiger partial charge in [-0.3, -0.25) is 0 Å². The maximum Gasteiger partial charge on any atom is 0.0260 e. The molecule has 0 amide bonds. The predicted octanol–water partition coefficient (Wildman–Crippen LogP) is 3.85. The molecular weight excluding hydrogens is 262 g/mol. The summed E-state index contributed by atoms with van der Waals surface area (Å²) in [5.74, 6) is 0.741. The Labute approximate surface area is 124 Å². The SMILES string of the molecule is c1ccc(C2CC2NCC2Cc3ccccc3S2)cc1. The molecule has 4 rings (SSSR count). The lowest BCUT2D eigenvalue weighted by Crippen LogP contribution is -2.27. The monoisotopic (exact) mass is 281 g/mol. The molecule has 2 aromatic rings. The lowest BCUT2D eigenvalue weighted by Gasteiger charge is -2.10.